The van der Waals surface area contributed by atoms with Crippen LogP contribution in [0.15, 0.2) is 41.3 Å². The number of benzene rings is 2. The SMILES string of the molecule is Cc1ccc(NC(=O)CN2C(=O)S/C(=C/c3ccc(N4CCOCC4)cc3C)C2=O)cc1C. The van der Waals surface area contributed by atoms with Gasteiger partial charge >= 0.3 is 0 Å². The van der Waals surface area contributed by atoms with Crippen molar-refractivity contribution in [3.63, 3.8) is 0 Å². The Bertz CT molecular complexity index is 1140. The number of nitrogens with zero attached hydrogens (tertiary/aromatic N) is 2. The molecule has 0 bridgehead atoms. The summed E-state index contributed by atoms with van der Waals surface area (Å²) in [5, 5.41) is 2.32. The summed E-state index contributed by atoms with van der Waals surface area (Å²) in [7, 11) is 0. The fourth-order valence-corrected chi connectivity index (χ4v) is 4.61. The lowest BCUT2D eigenvalue weighted by Crippen LogP contribution is -2.36. The zero-order chi connectivity index (χ0) is 23.5. The Kier molecular flexibility index (Phi) is 6.85. The Hall–Kier alpha value is -3.10. The molecule has 0 aromatic heterocycles. The van der Waals surface area contributed by atoms with E-state index in [0.717, 1.165) is 57.7 Å². The largest absolute Gasteiger partial charge is 0.378 e. The molecule has 8 heteroatoms. The molecule has 7 nitrogen and oxygen atoms in total. The predicted molar refractivity (Wildman–Crippen MR) is 131 cm³/mol. The smallest absolute Gasteiger partial charge is 0.294 e. The summed E-state index contributed by atoms with van der Waals surface area (Å²) in [5.41, 5.74) is 5.82. The van der Waals surface area contributed by atoms with Crippen molar-refractivity contribution >= 4 is 46.3 Å². The van der Waals surface area contributed by atoms with Crippen LogP contribution in [0.4, 0.5) is 16.2 Å². The summed E-state index contributed by atoms with van der Waals surface area (Å²) in [6.07, 6.45) is 1.73. The molecule has 2 aliphatic heterocycles. The van der Waals surface area contributed by atoms with Gasteiger partial charge in [0.2, 0.25) is 5.91 Å². The number of amides is 3. The average Bonchev–Trinajstić information content (AvgIpc) is 3.05. The molecule has 0 radical (unpaired) electrons. The van der Waals surface area contributed by atoms with Crippen molar-refractivity contribution in [1.82, 2.24) is 4.90 Å². The van der Waals surface area contributed by atoms with Crippen molar-refractivity contribution < 1.29 is 19.1 Å². The van der Waals surface area contributed by atoms with Crippen molar-refractivity contribution in [1.29, 1.82) is 0 Å². The molecule has 0 spiro atoms. The van der Waals surface area contributed by atoms with E-state index in [0.29, 0.717) is 23.8 Å². The monoisotopic (exact) mass is 465 g/mol. The summed E-state index contributed by atoms with van der Waals surface area (Å²) >= 11 is 0.862. The standard InChI is InChI=1S/C25H27N3O4S/c1-16-4-6-20(12-17(16)2)26-23(29)15-28-24(30)22(33-25(28)31)14-19-5-7-21(13-18(19)3)27-8-10-32-11-9-27/h4-7,12-14H,8-11,15H2,1-3H3,(H,26,29)/b22-14+. The summed E-state index contributed by atoms with van der Waals surface area (Å²) in [6.45, 7) is 8.74. The first-order valence-electron chi connectivity index (χ1n) is 10.9. The number of anilines is 2. The summed E-state index contributed by atoms with van der Waals surface area (Å²) < 4.78 is 5.41. The third-order valence-corrected chi connectivity index (χ3v) is 6.79. The van der Waals surface area contributed by atoms with Crippen molar-refractivity contribution in [2.45, 2.75) is 20.8 Å². The molecular weight excluding hydrogens is 438 g/mol. The maximum Gasteiger partial charge on any atom is 0.294 e. The lowest BCUT2D eigenvalue weighted by atomic mass is 10.1. The topological polar surface area (TPSA) is 79.0 Å². The van der Waals surface area contributed by atoms with Gasteiger partial charge in [0.15, 0.2) is 0 Å². The highest BCUT2D eigenvalue weighted by Crippen LogP contribution is 2.33. The molecule has 0 saturated carbocycles. The summed E-state index contributed by atoms with van der Waals surface area (Å²) in [4.78, 5) is 41.3. The van der Waals surface area contributed by atoms with E-state index in [1.165, 1.54) is 0 Å². The highest BCUT2D eigenvalue weighted by atomic mass is 32.2. The van der Waals surface area contributed by atoms with Crippen molar-refractivity contribution in [3.05, 3.63) is 63.6 Å². The van der Waals surface area contributed by atoms with Crippen molar-refractivity contribution in [2.75, 3.05) is 43.1 Å². The van der Waals surface area contributed by atoms with Crippen LogP contribution in [0.25, 0.3) is 6.08 Å². The van der Waals surface area contributed by atoms with Crippen LogP contribution < -0.4 is 10.2 Å². The van der Waals surface area contributed by atoms with Gasteiger partial charge in [-0.3, -0.25) is 19.3 Å². The van der Waals surface area contributed by atoms with Crippen molar-refractivity contribution in [3.8, 4) is 0 Å². The molecule has 2 aromatic carbocycles. The minimum atomic E-state index is -0.447. The molecule has 2 heterocycles. The Morgan fingerprint density at radius 1 is 1.03 bits per heavy atom. The molecule has 2 aromatic rings. The molecule has 4 rings (SSSR count). The number of carbonyl (C=O) groups excluding carboxylic acids is 3. The van der Waals surface area contributed by atoms with Gasteiger partial charge < -0.3 is 15.0 Å². The van der Waals surface area contributed by atoms with E-state index in [4.69, 9.17) is 4.74 Å². The van der Waals surface area contributed by atoms with Crippen LogP contribution >= 0.6 is 11.8 Å². The van der Waals surface area contributed by atoms with Crippen LogP contribution in [0.1, 0.15) is 22.3 Å². The van der Waals surface area contributed by atoms with E-state index in [9.17, 15) is 14.4 Å². The molecule has 2 fully saturated rings. The van der Waals surface area contributed by atoms with Crippen LogP contribution in [0.3, 0.4) is 0 Å². The Balaban J connectivity index is 1.44. The van der Waals surface area contributed by atoms with E-state index >= 15 is 0 Å². The molecule has 172 valence electrons. The van der Waals surface area contributed by atoms with E-state index in [-0.39, 0.29) is 6.54 Å². The quantitative estimate of drug-likeness (QED) is 0.669. The first kappa shape index (κ1) is 23.1. The lowest BCUT2D eigenvalue weighted by Gasteiger charge is -2.29. The van der Waals surface area contributed by atoms with Crippen LogP contribution in [0, 0.1) is 20.8 Å². The number of imide groups is 1. The minimum absolute atomic E-state index is 0.316. The number of aryl methyl sites for hydroxylation is 3. The fourth-order valence-electron chi connectivity index (χ4n) is 3.78. The second-order valence-corrected chi connectivity index (χ2v) is 9.25. The van der Waals surface area contributed by atoms with Gasteiger partial charge in [0.1, 0.15) is 6.54 Å². The van der Waals surface area contributed by atoms with Crippen LogP contribution in [0.5, 0.6) is 0 Å². The summed E-state index contributed by atoms with van der Waals surface area (Å²) in [5.74, 6) is -0.857. The van der Waals surface area contributed by atoms with E-state index in [2.05, 4.69) is 16.3 Å². The number of nitrogens with one attached hydrogen (secondary N) is 1. The first-order valence-corrected chi connectivity index (χ1v) is 11.7. The van der Waals surface area contributed by atoms with E-state index in [1.807, 2.05) is 45.0 Å². The number of hydrogen-bond donors (Lipinski definition) is 1. The van der Waals surface area contributed by atoms with Crippen LogP contribution in [-0.4, -0.2) is 54.8 Å². The van der Waals surface area contributed by atoms with Gasteiger partial charge in [0.25, 0.3) is 11.1 Å². The van der Waals surface area contributed by atoms with Gasteiger partial charge in [-0.25, -0.2) is 0 Å². The molecule has 0 aliphatic carbocycles. The third-order valence-electron chi connectivity index (χ3n) is 5.88. The number of morpholine rings is 1. The minimum Gasteiger partial charge on any atom is -0.378 e. The van der Waals surface area contributed by atoms with Gasteiger partial charge in [0.05, 0.1) is 18.1 Å². The van der Waals surface area contributed by atoms with Crippen LogP contribution in [-0.2, 0) is 14.3 Å². The Labute approximate surface area is 197 Å². The molecular formula is C25H27N3O4S. The molecule has 2 saturated heterocycles. The van der Waals surface area contributed by atoms with Crippen molar-refractivity contribution in [2.24, 2.45) is 0 Å². The number of ether oxygens (including phenoxy) is 1. The van der Waals surface area contributed by atoms with Gasteiger partial charge in [-0.05, 0) is 85.1 Å². The highest BCUT2D eigenvalue weighted by Gasteiger charge is 2.36. The molecule has 2 aliphatic rings. The van der Waals surface area contributed by atoms with Gasteiger partial charge in [-0.1, -0.05) is 12.1 Å². The second kappa shape index (κ2) is 9.80. The zero-order valence-electron chi connectivity index (χ0n) is 19.0. The van der Waals surface area contributed by atoms with Gasteiger partial charge in [0, 0.05) is 24.5 Å². The fraction of sp³-hybridized carbons (Fsp3) is 0.320. The summed E-state index contributed by atoms with van der Waals surface area (Å²) in [6, 6.07) is 11.6. The zero-order valence-corrected chi connectivity index (χ0v) is 19.8. The van der Waals surface area contributed by atoms with Gasteiger partial charge in [-0.15, -0.1) is 0 Å². The van der Waals surface area contributed by atoms with E-state index in [1.54, 1.807) is 12.1 Å². The lowest BCUT2D eigenvalue weighted by molar-refractivity contribution is -0.127. The second-order valence-electron chi connectivity index (χ2n) is 8.26. The predicted octanol–water partition coefficient (Wildman–Crippen LogP) is 4.12. The van der Waals surface area contributed by atoms with E-state index < -0.39 is 17.1 Å². The Morgan fingerprint density at radius 2 is 1.79 bits per heavy atom. The number of thioether (sulfide) groups is 1. The molecule has 0 unspecified atom stereocenters. The maximum absolute atomic E-state index is 12.8. The maximum atomic E-state index is 12.8. The average molecular weight is 466 g/mol. The number of hydrogen-bond acceptors (Lipinski definition) is 6. The number of carbonyl (C=O) groups is 3. The molecule has 0 atom stereocenters. The first-order chi connectivity index (χ1) is 15.8. The normalized spacial score (nSPS) is 17.7. The third kappa shape index (κ3) is 5.29. The van der Waals surface area contributed by atoms with Crippen LogP contribution in [0.2, 0.25) is 0 Å². The molecule has 3 amide bonds. The highest BCUT2D eigenvalue weighted by molar-refractivity contribution is 8.18. The Morgan fingerprint density at radius 3 is 2.48 bits per heavy atom. The molecule has 33 heavy (non-hydrogen) atoms. The van der Waals surface area contributed by atoms with Gasteiger partial charge in [-0.2, -0.15) is 0 Å². The molecule has 1 N–H and O–H groups in total. The number of rotatable bonds is 5.